The second-order valence-electron chi connectivity index (χ2n) is 3.44. The van der Waals surface area contributed by atoms with E-state index in [4.69, 9.17) is 11.6 Å². The third-order valence-corrected chi connectivity index (χ3v) is 2.48. The number of benzene rings is 1. The topological polar surface area (TPSA) is 29.1 Å². The fourth-order valence-electron chi connectivity index (χ4n) is 1.39. The van der Waals surface area contributed by atoms with Crippen LogP contribution in [0.3, 0.4) is 0 Å². The lowest BCUT2D eigenvalue weighted by Gasteiger charge is -2.16. The average Bonchev–Trinajstić information content (AvgIpc) is 2.27. The van der Waals surface area contributed by atoms with Crippen molar-refractivity contribution >= 4 is 17.5 Å². The minimum atomic E-state index is -0.0769. The molecular weight excluding hydrogens is 210 g/mol. The van der Waals surface area contributed by atoms with Crippen molar-refractivity contribution in [1.82, 2.24) is 5.32 Å². The first-order valence-electron chi connectivity index (χ1n) is 5.18. The quantitative estimate of drug-likeness (QED) is 0.768. The van der Waals surface area contributed by atoms with Gasteiger partial charge in [0.05, 0.1) is 6.04 Å². The van der Waals surface area contributed by atoms with Gasteiger partial charge in [0.1, 0.15) is 0 Å². The number of hydrogen-bond acceptors (Lipinski definition) is 1. The van der Waals surface area contributed by atoms with E-state index in [2.05, 4.69) is 5.32 Å². The molecular formula is C12H16ClNO. The van der Waals surface area contributed by atoms with Gasteiger partial charge in [-0.05, 0) is 12.0 Å². The van der Waals surface area contributed by atoms with Gasteiger partial charge in [-0.25, -0.2) is 0 Å². The second kappa shape index (κ2) is 6.46. The lowest BCUT2D eigenvalue weighted by atomic mass is 10.1. The fraction of sp³-hybridized carbons (Fsp3) is 0.417. The minimum Gasteiger partial charge on any atom is -0.348 e. The predicted molar refractivity (Wildman–Crippen MR) is 63.0 cm³/mol. The summed E-state index contributed by atoms with van der Waals surface area (Å²) >= 11 is 5.83. The first-order chi connectivity index (χ1) is 7.27. The van der Waals surface area contributed by atoms with E-state index in [1.54, 1.807) is 0 Å². The van der Waals surface area contributed by atoms with Crippen molar-refractivity contribution in [2.45, 2.75) is 25.8 Å². The molecule has 0 aliphatic rings. The molecule has 2 nitrogen and oxygen atoms in total. The molecule has 0 fully saturated rings. The van der Waals surface area contributed by atoms with Crippen LogP contribution in [0.4, 0.5) is 0 Å². The van der Waals surface area contributed by atoms with E-state index in [-0.39, 0.29) is 11.9 Å². The molecule has 1 aromatic rings. The first kappa shape index (κ1) is 12.1. The summed E-state index contributed by atoms with van der Waals surface area (Å²) in [7, 11) is 0. The Morgan fingerprint density at radius 3 is 2.60 bits per heavy atom. The van der Waals surface area contributed by atoms with Crippen molar-refractivity contribution in [2.24, 2.45) is 0 Å². The first-order valence-corrected chi connectivity index (χ1v) is 5.71. The van der Waals surface area contributed by atoms with Crippen molar-refractivity contribution in [3.63, 3.8) is 0 Å². The highest BCUT2D eigenvalue weighted by Crippen LogP contribution is 2.14. The van der Waals surface area contributed by atoms with Crippen LogP contribution in [0.25, 0.3) is 0 Å². The number of hydrogen-bond donors (Lipinski definition) is 1. The molecule has 15 heavy (non-hydrogen) atoms. The molecule has 1 atom stereocenters. The van der Waals surface area contributed by atoms with Crippen LogP contribution >= 0.6 is 11.6 Å². The van der Waals surface area contributed by atoms with Gasteiger partial charge in [0, 0.05) is 12.3 Å². The maximum absolute atomic E-state index is 11.4. The molecule has 0 aliphatic carbocycles. The fourth-order valence-corrected chi connectivity index (χ4v) is 1.65. The molecule has 0 heterocycles. The maximum Gasteiger partial charge on any atom is 0.220 e. The molecule has 0 spiro atoms. The molecule has 1 aromatic carbocycles. The minimum absolute atomic E-state index is 0.0620. The molecule has 0 saturated heterocycles. The van der Waals surface area contributed by atoms with Crippen LogP contribution in [0, 0.1) is 0 Å². The predicted octanol–water partition coefficient (Wildman–Crippen LogP) is 2.88. The van der Waals surface area contributed by atoms with Crippen LogP contribution in [-0.2, 0) is 4.79 Å². The number of amides is 1. The van der Waals surface area contributed by atoms with E-state index in [1.807, 2.05) is 37.3 Å². The Morgan fingerprint density at radius 1 is 1.40 bits per heavy atom. The summed E-state index contributed by atoms with van der Waals surface area (Å²) in [5, 5.41) is 2.91. The van der Waals surface area contributed by atoms with Crippen molar-refractivity contribution in [3.05, 3.63) is 35.9 Å². The zero-order chi connectivity index (χ0) is 11.1. The molecule has 0 aromatic heterocycles. The Morgan fingerprint density at radius 2 is 2.07 bits per heavy atom. The van der Waals surface area contributed by atoms with Gasteiger partial charge in [-0.1, -0.05) is 37.3 Å². The molecule has 1 unspecified atom stereocenters. The summed E-state index contributed by atoms with van der Waals surface area (Å²) in [6, 6.07) is 9.70. The zero-order valence-electron chi connectivity index (χ0n) is 8.87. The van der Waals surface area contributed by atoms with Gasteiger partial charge in [0.15, 0.2) is 0 Å². The van der Waals surface area contributed by atoms with Gasteiger partial charge in [0.25, 0.3) is 0 Å². The Labute approximate surface area is 95.6 Å². The smallest absolute Gasteiger partial charge is 0.220 e. The Kier molecular flexibility index (Phi) is 5.19. The van der Waals surface area contributed by atoms with E-state index in [0.717, 1.165) is 12.0 Å². The van der Waals surface area contributed by atoms with Gasteiger partial charge in [-0.3, -0.25) is 4.79 Å². The summed E-state index contributed by atoms with van der Waals surface area (Å²) in [6.07, 6.45) is 1.41. The lowest BCUT2D eigenvalue weighted by Crippen LogP contribution is -2.29. The maximum atomic E-state index is 11.4. The van der Waals surface area contributed by atoms with Gasteiger partial charge < -0.3 is 5.32 Å². The third kappa shape index (κ3) is 3.92. The number of carbonyl (C=O) groups excluding carboxylic acids is 1. The number of carbonyl (C=O) groups is 1. The van der Waals surface area contributed by atoms with Crippen LogP contribution in [0.5, 0.6) is 0 Å². The van der Waals surface area contributed by atoms with Crippen LogP contribution in [0.15, 0.2) is 30.3 Å². The summed E-state index contributed by atoms with van der Waals surface area (Å²) < 4.78 is 0. The molecule has 3 heteroatoms. The van der Waals surface area contributed by atoms with Crippen LogP contribution < -0.4 is 5.32 Å². The summed E-state index contributed by atoms with van der Waals surface area (Å²) in [4.78, 5) is 11.4. The Balaban J connectivity index is 2.61. The number of rotatable bonds is 5. The Hall–Kier alpha value is -1.02. The standard InChI is InChI=1S/C12H16ClNO/c1-2-6-12(15)14-11(9-13)10-7-4-3-5-8-10/h3-5,7-8,11H,2,6,9H2,1H3,(H,14,15). The lowest BCUT2D eigenvalue weighted by molar-refractivity contribution is -0.121. The van der Waals surface area contributed by atoms with Crippen LogP contribution in [-0.4, -0.2) is 11.8 Å². The molecule has 0 bridgehead atoms. The van der Waals surface area contributed by atoms with Crippen LogP contribution in [0.1, 0.15) is 31.4 Å². The monoisotopic (exact) mass is 225 g/mol. The van der Waals surface area contributed by atoms with Gasteiger partial charge in [0.2, 0.25) is 5.91 Å². The van der Waals surface area contributed by atoms with Gasteiger partial charge in [-0.2, -0.15) is 0 Å². The normalized spacial score (nSPS) is 12.1. The Bertz CT molecular complexity index is 300. The zero-order valence-corrected chi connectivity index (χ0v) is 9.63. The third-order valence-electron chi connectivity index (χ3n) is 2.17. The highest BCUT2D eigenvalue weighted by molar-refractivity contribution is 6.18. The highest BCUT2D eigenvalue weighted by atomic mass is 35.5. The number of alkyl halides is 1. The molecule has 1 rings (SSSR count). The van der Waals surface area contributed by atoms with E-state index < -0.39 is 0 Å². The van der Waals surface area contributed by atoms with E-state index >= 15 is 0 Å². The molecule has 1 N–H and O–H groups in total. The van der Waals surface area contributed by atoms with Crippen molar-refractivity contribution in [3.8, 4) is 0 Å². The van der Waals surface area contributed by atoms with Crippen molar-refractivity contribution in [2.75, 3.05) is 5.88 Å². The number of halogens is 1. The van der Waals surface area contributed by atoms with Gasteiger partial charge in [-0.15, -0.1) is 11.6 Å². The molecule has 0 saturated carbocycles. The highest BCUT2D eigenvalue weighted by Gasteiger charge is 2.11. The van der Waals surface area contributed by atoms with Gasteiger partial charge >= 0.3 is 0 Å². The summed E-state index contributed by atoms with van der Waals surface area (Å²) in [5.41, 5.74) is 1.05. The largest absolute Gasteiger partial charge is 0.348 e. The molecule has 1 amide bonds. The number of nitrogens with one attached hydrogen (secondary N) is 1. The second-order valence-corrected chi connectivity index (χ2v) is 3.74. The van der Waals surface area contributed by atoms with Crippen LogP contribution in [0.2, 0.25) is 0 Å². The SMILES string of the molecule is CCCC(=O)NC(CCl)c1ccccc1. The van der Waals surface area contributed by atoms with Crippen molar-refractivity contribution in [1.29, 1.82) is 0 Å². The summed E-state index contributed by atoms with van der Waals surface area (Å²) in [5.74, 6) is 0.464. The van der Waals surface area contributed by atoms with E-state index in [0.29, 0.717) is 12.3 Å². The molecule has 0 radical (unpaired) electrons. The molecule has 82 valence electrons. The van der Waals surface area contributed by atoms with Crippen molar-refractivity contribution < 1.29 is 4.79 Å². The van der Waals surface area contributed by atoms with E-state index in [9.17, 15) is 4.79 Å². The summed E-state index contributed by atoms with van der Waals surface area (Å²) in [6.45, 7) is 1.98. The molecule has 0 aliphatic heterocycles. The van der Waals surface area contributed by atoms with E-state index in [1.165, 1.54) is 0 Å². The average molecular weight is 226 g/mol.